The molecule has 2 rings (SSSR count). The molecular weight excluding hydrogens is 334 g/mol. The second-order valence-electron chi connectivity index (χ2n) is 5.62. The number of carbonyl (C=O) groups excluding carboxylic acids is 1. The lowest BCUT2D eigenvalue weighted by atomic mass is 9.99. The van der Waals surface area contributed by atoms with E-state index in [0.29, 0.717) is 11.3 Å². The fourth-order valence-corrected chi connectivity index (χ4v) is 2.41. The van der Waals surface area contributed by atoms with Gasteiger partial charge in [0.05, 0.1) is 5.69 Å². The molecule has 1 amide bonds. The summed E-state index contributed by atoms with van der Waals surface area (Å²) in [5, 5.41) is 0. The molecule has 0 saturated heterocycles. The number of amides is 1. The molecule has 0 unspecified atom stereocenters. The Bertz CT molecular complexity index is 772. The summed E-state index contributed by atoms with van der Waals surface area (Å²) in [5.41, 5.74) is 0.837. The van der Waals surface area contributed by atoms with Crippen molar-refractivity contribution in [3.05, 3.63) is 64.1 Å². The molecule has 0 radical (unpaired) electrons. The van der Waals surface area contributed by atoms with Gasteiger partial charge in [0.25, 0.3) is 0 Å². The van der Waals surface area contributed by atoms with Crippen molar-refractivity contribution in [2.75, 3.05) is 11.9 Å². The lowest BCUT2D eigenvalue weighted by Crippen LogP contribution is -2.33. The average Bonchev–Trinajstić information content (AvgIpc) is 2.47. The van der Waals surface area contributed by atoms with Crippen LogP contribution < -0.4 is 10.5 Å². The van der Waals surface area contributed by atoms with Gasteiger partial charge in [-0.25, -0.2) is 8.78 Å². The molecular formula is C17H20F2N2O2S. The molecule has 1 aromatic heterocycles. The summed E-state index contributed by atoms with van der Waals surface area (Å²) in [4.78, 5) is 25.3. The second kappa shape index (κ2) is 8.10. The molecule has 1 atom stereocenters. The van der Waals surface area contributed by atoms with Crippen molar-refractivity contribution in [2.24, 2.45) is 13.0 Å². The van der Waals surface area contributed by atoms with E-state index in [1.165, 1.54) is 27.7 Å². The SMILES string of the molecule is C[C@@H](Cc1cc(F)cc(F)c1)C(=O)N(C)c1ccc(=O)n(C)c1.S. The van der Waals surface area contributed by atoms with Gasteiger partial charge in [-0.15, -0.1) is 0 Å². The number of hydrogen-bond acceptors (Lipinski definition) is 2. The first-order valence-electron chi connectivity index (χ1n) is 7.17. The van der Waals surface area contributed by atoms with Crippen LogP contribution in [-0.4, -0.2) is 17.5 Å². The lowest BCUT2D eigenvalue weighted by Gasteiger charge is -2.22. The number of aryl methyl sites for hydroxylation is 1. The van der Waals surface area contributed by atoms with Gasteiger partial charge in [0.2, 0.25) is 11.5 Å². The third-order valence-electron chi connectivity index (χ3n) is 3.67. The van der Waals surface area contributed by atoms with Crippen molar-refractivity contribution in [3.63, 3.8) is 0 Å². The first kappa shape index (κ1) is 19.9. The monoisotopic (exact) mass is 354 g/mol. The molecule has 4 nitrogen and oxygen atoms in total. The summed E-state index contributed by atoms with van der Waals surface area (Å²) in [6, 6.07) is 6.19. The fourth-order valence-electron chi connectivity index (χ4n) is 2.41. The Morgan fingerprint density at radius 1 is 1.21 bits per heavy atom. The summed E-state index contributed by atoms with van der Waals surface area (Å²) in [7, 11) is 3.20. The summed E-state index contributed by atoms with van der Waals surface area (Å²) < 4.78 is 27.8. The Labute approximate surface area is 146 Å². The van der Waals surface area contributed by atoms with Crippen molar-refractivity contribution >= 4 is 25.1 Å². The maximum Gasteiger partial charge on any atom is 0.250 e. The van der Waals surface area contributed by atoms with E-state index in [1.54, 1.807) is 33.3 Å². The van der Waals surface area contributed by atoms with Crippen molar-refractivity contribution in [1.29, 1.82) is 0 Å². The summed E-state index contributed by atoms with van der Waals surface area (Å²) in [6.07, 6.45) is 1.79. The number of carbonyl (C=O) groups is 1. The predicted octanol–water partition coefficient (Wildman–Crippen LogP) is 2.62. The van der Waals surface area contributed by atoms with Crippen LogP contribution in [0.2, 0.25) is 0 Å². The molecule has 0 aliphatic carbocycles. The van der Waals surface area contributed by atoms with Gasteiger partial charge in [0, 0.05) is 38.3 Å². The quantitative estimate of drug-likeness (QED) is 0.847. The number of pyridine rings is 1. The van der Waals surface area contributed by atoms with Crippen LogP contribution in [0.25, 0.3) is 0 Å². The Hall–Kier alpha value is -2.15. The van der Waals surface area contributed by atoms with Gasteiger partial charge in [0.1, 0.15) is 11.6 Å². The number of halogens is 2. The Kier molecular flexibility index (Phi) is 6.71. The Balaban J connectivity index is 0.00000288. The molecule has 0 bridgehead atoms. The van der Waals surface area contributed by atoms with Crippen LogP contribution in [0.5, 0.6) is 0 Å². The van der Waals surface area contributed by atoms with E-state index in [9.17, 15) is 18.4 Å². The standard InChI is InChI=1S/C17H18F2N2O2.H2S/c1-11(6-12-7-13(18)9-14(19)8-12)17(23)21(3)15-4-5-16(22)20(2)10-15;/h4-5,7-11H,6H2,1-3H3;1H2/t11-;/m0./s1. The van der Waals surface area contributed by atoms with Crippen LogP contribution in [0.3, 0.4) is 0 Å². The molecule has 1 heterocycles. The van der Waals surface area contributed by atoms with Gasteiger partial charge in [-0.3, -0.25) is 9.59 Å². The van der Waals surface area contributed by atoms with Crippen LogP contribution in [0.1, 0.15) is 12.5 Å². The number of rotatable bonds is 4. The molecule has 0 N–H and O–H groups in total. The summed E-state index contributed by atoms with van der Waals surface area (Å²) in [6.45, 7) is 1.70. The van der Waals surface area contributed by atoms with Gasteiger partial charge in [0.15, 0.2) is 0 Å². The molecule has 130 valence electrons. The minimum absolute atomic E-state index is 0. The molecule has 24 heavy (non-hydrogen) atoms. The number of hydrogen-bond donors (Lipinski definition) is 0. The summed E-state index contributed by atoms with van der Waals surface area (Å²) >= 11 is 0. The molecule has 2 aromatic rings. The van der Waals surface area contributed by atoms with Crippen LogP contribution in [0.4, 0.5) is 14.5 Å². The highest BCUT2D eigenvalue weighted by Crippen LogP contribution is 2.17. The molecule has 0 aliphatic rings. The number of anilines is 1. The van der Waals surface area contributed by atoms with Gasteiger partial charge in [-0.05, 0) is 30.2 Å². The highest BCUT2D eigenvalue weighted by molar-refractivity contribution is 7.59. The van der Waals surface area contributed by atoms with Gasteiger partial charge < -0.3 is 9.47 Å². The normalized spacial score (nSPS) is 11.5. The van der Waals surface area contributed by atoms with Gasteiger partial charge in [-0.2, -0.15) is 13.5 Å². The topological polar surface area (TPSA) is 42.3 Å². The fraction of sp³-hybridized carbons (Fsp3) is 0.294. The largest absolute Gasteiger partial charge is 0.317 e. The molecule has 0 spiro atoms. The van der Waals surface area contributed by atoms with Crippen molar-refractivity contribution in [3.8, 4) is 0 Å². The van der Waals surface area contributed by atoms with E-state index in [2.05, 4.69) is 0 Å². The zero-order valence-corrected chi connectivity index (χ0v) is 14.7. The Morgan fingerprint density at radius 2 is 1.79 bits per heavy atom. The smallest absolute Gasteiger partial charge is 0.250 e. The highest BCUT2D eigenvalue weighted by Gasteiger charge is 2.20. The average molecular weight is 354 g/mol. The van der Waals surface area contributed by atoms with Crippen molar-refractivity contribution < 1.29 is 13.6 Å². The predicted molar refractivity (Wildman–Crippen MR) is 94.7 cm³/mol. The molecule has 0 aliphatic heterocycles. The zero-order chi connectivity index (χ0) is 17.1. The van der Waals surface area contributed by atoms with E-state index in [4.69, 9.17) is 0 Å². The lowest BCUT2D eigenvalue weighted by molar-refractivity contribution is -0.121. The molecule has 0 saturated carbocycles. The van der Waals surface area contributed by atoms with Crippen molar-refractivity contribution in [1.82, 2.24) is 4.57 Å². The van der Waals surface area contributed by atoms with Crippen LogP contribution >= 0.6 is 13.5 Å². The van der Waals surface area contributed by atoms with Gasteiger partial charge >= 0.3 is 0 Å². The number of benzene rings is 1. The summed E-state index contributed by atoms with van der Waals surface area (Å²) in [5.74, 6) is -1.98. The number of aromatic nitrogens is 1. The van der Waals surface area contributed by atoms with E-state index in [1.807, 2.05) is 0 Å². The first-order valence-corrected chi connectivity index (χ1v) is 7.17. The maximum absolute atomic E-state index is 13.2. The third-order valence-corrected chi connectivity index (χ3v) is 3.67. The van der Waals surface area contributed by atoms with Crippen LogP contribution in [0.15, 0.2) is 41.3 Å². The second-order valence-corrected chi connectivity index (χ2v) is 5.62. The van der Waals surface area contributed by atoms with E-state index in [-0.39, 0.29) is 31.4 Å². The first-order chi connectivity index (χ1) is 10.8. The Morgan fingerprint density at radius 3 is 2.33 bits per heavy atom. The van der Waals surface area contributed by atoms with Crippen molar-refractivity contribution in [2.45, 2.75) is 13.3 Å². The van der Waals surface area contributed by atoms with E-state index in [0.717, 1.165) is 6.07 Å². The zero-order valence-electron chi connectivity index (χ0n) is 13.7. The molecule has 1 aromatic carbocycles. The maximum atomic E-state index is 13.2. The minimum atomic E-state index is -0.661. The van der Waals surface area contributed by atoms with E-state index < -0.39 is 17.6 Å². The van der Waals surface area contributed by atoms with E-state index >= 15 is 0 Å². The van der Waals surface area contributed by atoms with Crippen LogP contribution in [-0.2, 0) is 18.3 Å². The molecule has 7 heteroatoms. The highest BCUT2D eigenvalue weighted by atomic mass is 32.1. The minimum Gasteiger partial charge on any atom is -0.317 e. The molecule has 0 fully saturated rings. The third kappa shape index (κ3) is 4.67. The number of nitrogens with zero attached hydrogens (tertiary/aromatic N) is 2. The van der Waals surface area contributed by atoms with Crippen LogP contribution in [0, 0.1) is 17.6 Å². The van der Waals surface area contributed by atoms with Gasteiger partial charge in [-0.1, -0.05) is 6.92 Å².